The van der Waals surface area contributed by atoms with E-state index in [9.17, 15) is 13.2 Å². The molecule has 1 heterocycles. The lowest BCUT2D eigenvalue weighted by Gasteiger charge is -2.29. The number of anilines is 2. The summed E-state index contributed by atoms with van der Waals surface area (Å²) in [5, 5.41) is 3.31. The number of nitrogens with one attached hydrogen (secondary N) is 1. The summed E-state index contributed by atoms with van der Waals surface area (Å²) in [6.45, 7) is 4.95. The van der Waals surface area contributed by atoms with Gasteiger partial charge < -0.3 is 15.0 Å². The van der Waals surface area contributed by atoms with Crippen LogP contribution in [0.25, 0.3) is 0 Å². The molecule has 1 N–H and O–H groups in total. The van der Waals surface area contributed by atoms with Gasteiger partial charge in [0.25, 0.3) is 0 Å². The third-order valence-electron chi connectivity index (χ3n) is 4.92. The molecule has 1 aliphatic heterocycles. The fourth-order valence-electron chi connectivity index (χ4n) is 3.31. The minimum atomic E-state index is -3.64. The second-order valence-electron chi connectivity index (χ2n) is 7.24. The van der Waals surface area contributed by atoms with E-state index in [1.54, 1.807) is 25.1 Å². The molecule has 1 saturated heterocycles. The number of carbonyl (C=O) groups is 1. The molecule has 0 aromatic heterocycles. The summed E-state index contributed by atoms with van der Waals surface area (Å²) in [6.07, 6.45) is 1.08. The van der Waals surface area contributed by atoms with Crippen molar-refractivity contribution in [2.24, 2.45) is 0 Å². The predicted octanol–water partition coefficient (Wildman–Crippen LogP) is 2.57. The van der Waals surface area contributed by atoms with E-state index < -0.39 is 10.0 Å². The highest BCUT2D eigenvalue weighted by Gasteiger charge is 2.22. The molecule has 0 radical (unpaired) electrons. The Balaban J connectivity index is 1.62. The molecular weight excluding hydrogens is 426 g/mol. The Morgan fingerprint density at radius 3 is 2.43 bits per heavy atom. The van der Waals surface area contributed by atoms with E-state index in [1.165, 1.54) is 0 Å². The molecule has 0 atom stereocenters. The number of hydrogen-bond acceptors (Lipinski definition) is 5. The minimum Gasteiger partial charge on any atom is -0.378 e. The summed E-state index contributed by atoms with van der Waals surface area (Å²) in [5.74, 6) is -0.382. The molecule has 3 rings (SSSR count). The van der Waals surface area contributed by atoms with Crippen LogP contribution in [0.4, 0.5) is 11.4 Å². The SMILES string of the molecule is Cc1cc(Cl)ccc1N(CC(=O)NCc1ccc(N2CCOCC2)cc1)S(C)(=O)=O. The first-order valence-corrected chi connectivity index (χ1v) is 11.9. The number of hydrogen-bond donors (Lipinski definition) is 1. The van der Waals surface area contributed by atoms with Crippen molar-refractivity contribution >= 4 is 38.9 Å². The van der Waals surface area contributed by atoms with Gasteiger partial charge in [-0.05, 0) is 48.4 Å². The number of rotatable bonds is 7. The van der Waals surface area contributed by atoms with Crippen molar-refractivity contribution in [2.45, 2.75) is 13.5 Å². The maximum atomic E-state index is 12.5. The third-order valence-corrected chi connectivity index (χ3v) is 6.28. The van der Waals surface area contributed by atoms with Gasteiger partial charge in [-0.1, -0.05) is 23.7 Å². The minimum absolute atomic E-state index is 0.298. The number of halogens is 1. The Hall–Kier alpha value is -2.29. The molecule has 2 aromatic rings. The monoisotopic (exact) mass is 451 g/mol. The van der Waals surface area contributed by atoms with Crippen molar-refractivity contribution in [3.63, 3.8) is 0 Å². The normalized spacial score (nSPS) is 14.4. The van der Waals surface area contributed by atoms with Crippen LogP contribution in [-0.4, -0.2) is 53.4 Å². The second-order valence-corrected chi connectivity index (χ2v) is 9.59. The standard InChI is InChI=1S/C21H26ClN3O4S/c1-16-13-18(22)5-8-20(16)25(30(2,27)28)15-21(26)23-14-17-3-6-19(7-4-17)24-9-11-29-12-10-24/h3-8,13H,9-12,14-15H2,1-2H3,(H,23,26). The van der Waals surface area contributed by atoms with Crippen LogP contribution in [0.2, 0.25) is 5.02 Å². The first-order valence-electron chi connectivity index (χ1n) is 9.66. The van der Waals surface area contributed by atoms with E-state index in [0.29, 0.717) is 22.8 Å². The van der Waals surface area contributed by atoms with E-state index in [2.05, 4.69) is 10.2 Å². The van der Waals surface area contributed by atoms with Gasteiger partial charge in [-0.3, -0.25) is 9.10 Å². The van der Waals surface area contributed by atoms with Gasteiger partial charge in [0, 0.05) is 30.3 Å². The lowest BCUT2D eigenvalue weighted by molar-refractivity contribution is -0.119. The molecule has 1 amide bonds. The zero-order valence-corrected chi connectivity index (χ0v) is 18.7. The molecule has 30 heavy (non-hydrogen) atoms. The number of benzene rings is 2. The molecule has 1 aliphatic rings. The van der Waals surface area contributed by atoms with Crippen LogP contribution in [0.5, 0.6) is 0 Å². The summed E-state index contributed by atoms with van der Waals surface area (Å²) < 4.78 is 31.0. The van der Waals surface area contributed by atoms with Crippen LogP contribution in [0.3, 0.4) is 0 Å². The summed E-state index contributed by atoms with van der Waals surface area (Å²) in [4.78, 5) is 14.7. The Morgan fingerprint density at radius 1 is 1.17 bits per heavy atom. The van der Waals surface area contributed by atoms with Gasteiger partial charge in [-0.2, -0.15) is 0 Å². The van der Waals surface area contributed by atoms with Crippen LogP contribution in [0.15, 0.2) is 42.5 Å². The summed E-state index contributed by atoms with van der Waals surface area (Å²) >= 11 is 5.96. The summed E-state index contributed by atoms with van der Waals surface area (Å²) in [6, 6.07) is 12.8. The van der Waals surface area contributed by atoms with Gasteiger partial charge in [0.2, 0.25) is 15.9 Å². The number of ether oxygens (including phenoxy) is 1. The number of aryl methyl sites for hydroxylation is 1. The molecule has 162 valence electrons. The fraction of sp³-hybridized carbons (Fsp3) is 0.381. The van der Waals surface area contributed by atoms with E-state index in [0.717, 1.165) is 48.1 Å². The highest BCUT2D eigenvalue weighted by molar-refractivity contribution is 7.92. The van der Waals surface area contributed by atoms with Crippen molar-refractivity contribution < 1.29 is 17.9 Å². The zero-order valence-electron chi connectivity index (χ0n) is 17.1. The van der Waals surface area contributed by atoms with Gasteiger partial charge >= 0.3 is 0 Å². The third kappa shape index (κ3) is 5.87. The molecule has 0 unspecified atom stereocenters. The van der Waals surface area contributed by atoms with E-state index in [1.807, 2.05) is 24.3 Å². The Bertz CT molecular complexity index is 990. The molecule has 0 spiro atoms. The molecule has 0 aliphatic carbocycles. The van der Waals surface area contributed by atoms with Gasteiger partial charge in [0.05, 0.1) is 25.2 Å². The maximum absolute atomic E-state index is 12.5. The van der Waals surface area contributed by atoms with Gasteiger partial charge in [0.1, 0.15) is 6.54 Å². The number of nitrogens with zero attached hydrogens (tertiary/aromatic N) is 2. The fourth-order valence-corrected chi connectivity index (χ4v) is 4.45. The lowest BCUT2D eigenvalue weighted by Crippen LogP contribution is -2.40. The number of carbonyl (C=O) groups excluding carboxylic acids is 1. The van der Waals surface area contributed by atoms with Gasteiger partial charge in [0.15, 0.2) is 0 Å². The molecule has 0 bridgehead atoms. The Kier molecular flexibility index (Phi) is 7.23. The Morgan fingerprint density at radius 2 is 1.83 bits per heavy atom. The average Bonchev–Trinajstić information content (AvgIpc) is 2.71. The molecule has 1 fully saturated rings. The average molecular weight is 452 g/mol. The zero-order chi connectivity index (χ0) is 21.7. The predicted molar refractivity (Wildman–Crippen MR) is 120 cm³/mol. The van der Waals surface area contributed by atoms with Gasteiger partial charge in [-0.25, -0.2) is 8.42 Å². The molecular formula is C21H26ClN3O4S. The molecule has 7 nitrogen and oxygen atoms in total. The first kappa shape index (κ1) is 22.4. The van der Waals surface area contributed by atoms with Crippen LogP contribution in [-0.2, 0) is 26.1 Å². The highest BCUT2D eigenvalue weighted by atomic mass is 35.5. The number of morpholine rings is 1. The van der Waals surface area contributed by atoms with Crippen LogP contribution >= 0.6 is 11.6 Å². The van der Waals surface area contributed by atoms with Crippen LogP contribution in [0, 0.1) is 6.92 Å². The Labute approximate surface area is 182 Å². The van der Waals surface area contributed by atoms with Crippen LogP contribution in [0.1, 0.15) is 11.1 Å². The smallest absolute Gasteiger partial charge is 0.241 e. The number of amides is 1. The van der Waals surface area contributed by atoms with Crippen molar-refractivity contribution in [3.05, 3.63) is 58.6 Å². The number of sulfonamides is 1. The largest absolute Gasteiger partial charge is 0.378 e. The summed E-state index contributed by atoms with van der Waals surface area (Å²) in [5.41, 5.74) is 3.18. The lowest BCUT2D eigenvalue weighted by atomic mass is 10.2. The van der Waals surface area contributed by atoms with Crippen molar-refractivity contribution in [2.75, 3.05) is 48.3 Å². The summed E-state index contributed by atoms with van der Waals surface area (Å²) in [7, 11) is -3.64. The molecule has 2 aromatic carbocycles. The second kappa shape index (κ2) is 9.68. The first-order chi connectivity index (χ1) is 14.2. The van der Waals surface area contributed by atoms with E-state index in [4.69, 9.17) is 16.3 Å². The van der Waals surface area contributed by atoms with Crippen molar-refractivity contribution in [1.29, 1.82) is 0 Å². The quantitative estimate of drug-likeness (QED) is 0.700. The van der Waals surface area contributed by atoms with E-state index in [-0.39, 0.29) is 12.5 Å². The van der Waals surface area contributed by atoms with Crippen molar-refractivity contribution in [3.8, 4) is 0 Å². The van der Waals surface area contributed by atoms with Crippen LogP contribution < -0.4 is 14.5 Å². The van der Waals surface area contributed by atoms with E-state index >= 15 is 0 Å². The topological polar surface area (TPSA) is 79.0 Å². The highest BCUT2D eigenvalue weighted by Crippen LogP contribution is 2.25. The van der Waals surface area contributed by atoms with Gasteiger partial charge in [-0.15, -0.1) is 0 Å². The maximum Gasteiger partial charge on any atom is 0.241 e. The molecule has 9 heteroatoms. The molecule has 0 saturated carbocycles. The van der Waals surface area contributed by atoms with Crippen molar-refractivity contribution in [1.82, 2.24) is 5.32 Å².